The second kappa shape index (κ2) is 14.0. The van der Waals surface area contributed by atoms with Crippen molar-refractivity contribution in [3.8, 4) is 0 Å². The van der Waals surface area contributed by atoms with Gasteiger partial charge in [-0.2, -0.15) is 0 Å². The molecule has 0 saturated heterocycles. The largest absolute Gasteiger partial charge is 0.481 e. The number of benzene rings is 1. The van der Waals surface area contributed by atoms with Crippen LogP contribution in [0.15, 0.2) is 30.3 Å². The van der Waals surface area contributed by atoms with Gasteiger partial charge in [-0.25, -0.2) is 4.79 Å². The minimum atomic E-state index is -1.88. The molecule has 0 aliphatic heterocycles. The molecule has 1 rings (SSSR count). The van der Waals surface area contributed by atoms with Gasteiger partial charge in [-0.15, -0.1) is 0 Å². The summed E-state index contributed by atoms with van der Waals surface area (Å²) in [5.74, 6) is -8.45. The molecule has 0 aromatic heterocycles. The van der Waals surface area contributed by atoms with Gasteiger partial charge < -0.3 is 43.4 Å². The molecule has 196 valence electrons. The first kappa shape index (κ1) is 29.5. The van der Waals surface area contributed by atoms with Crippen LogP contribution in [-0.4, -0.2) is 75.9 Å². The normalized spacial score (nSPS) is 13.8. The first-order chi connectivity index (χ1) is 16.8. The van der Waals surface area contributed by atoms with E-state index in [0.29, 0.717) is 0 Å². The van der Waals surface area contributed by atoms with Crippen LogP contribution in [0.25, 0.3) is 0 Å². The van der Waals surface area contributed by atoms with E-state index in [0.717, 1.165) is 5.56 Å². The third kappa shape index (κ3) is 10.6. The summed E-state index contributed by atoms with van der Waals surface area (Å²) >= 11 is 0. The van der Waals surface area contributed by atoms with Gasteiger partial charge in [-0.05, 0) is 12.0 Å². The van der Waals surface area contributed by atoms with Gasteiger partial charge >= 0.3 is 11.9 Å². The van der Waals surface area contributed by atoms with Crippen molar-refractivity contribution in [2.75, 3.05) is 0 Å². The molecule has 4 atom stereocenters. The van der Waals surface area contributed by atoms with E-state index in [9.17, 15) is 33.6 Å². The molecule has 0 bridgehead atoms. The summed E-state index contributed by atoms with van der Waals surface area (Å²) in [4.78, 5) is 82.7. The van der Waals surface area contributed by atoms with Crippen molar-refractivity contribution in [2.24, 2.45) is 17.2 Å². The van der Waals surface area contributed by atoms with Gasteiger partial charge in [-0.3, -0.25) is 28.8 Å². The molecule has 11 N–H and O–H groups in total. The van der Waals surface area contributed by atoms with Crippen molar-refractivity contribution >= 4 is 41.5 Å². The quantitative estimate of drug-likeness (QED) is 0.115. The molecule has 0 aliphatic carbocycles. The fourth-order valence-corrected chi connectivity index (χ4v) is 2.98. The number of primary amides is 2. The molecule has 1 aromatic carbocycles. The second-order valence-electron chi connectivity index (χ2n) is 7.76. The van der Waals surface area contributed by atoms with E-state index < -0.39 is 84.9 Å². The summed E-state index contributed by atoms with van der Waals surface area (Å²) in [5, 5.41) is 24.1. The van der Waals surface area contributed by atoms with E-state index in [-0.39, 0.29) is 6.42 Å². The number of carboxylic acids is 2. The van der Waals surface area contributed by atoms with Crippen molar-refractivity contribution in [3.63, 3.8) is 0 Å². The standard InChI is InChI=1S/C21H28N6O9/c22-11(6-10-4-2-1-3-5-10)18(32)25-12(7-15(23)28)19(33)26-13(8-16(24)29)20(34)27-14(21(35)36)9-17(30)31/h1-5,11-14H,6-9,22H2,(H2,23,28)(H2,24,29)(H,25,32)(H,26,33)(H,27,34)(H,30,31)(H,35,36). The second-order valence-corrected chi connectivity index (χ2v) is 7.76. The SMILES string of the molecule is NC(=O)CC(NC(=O)C(N)Cc1ccccc1)C(=O)NC(CC(N)=O)C(=O)NC(CC(=O)O)C(=O)O. The topological polar surface area (TPSA) is 274 Å². The Bertz CT molecular complexity index is 1000. The van der Waals surface area contributed by atoms with Gasteiger partial charge in [0, 0.05) is 0 Å². The highest BCUT2D eigenvalue weighted by Crippen LogP contribution is 2.04. The molecular formula is C21H28N6O9. The lowest BCUT2D eigenvalue weighted by Crippen LogP contribution is -2.58. The molecule has 4 unspecified atom stereocenters. The maximum Gasteiger partial charge on any atom is 0.326 e. The highest BCUT2D eigenvalue weighted by molar-refractivity contribution is 5.98. The van der Waals surface area contributed by atoms with Crippen LogP contribution in [0.3, 0.4) is 0 Å². The number of nitrogens with one attached hydrogen (secondary N) is 3. The number of carbonyl (C=O) groups excluding carboxylic acids is 5. The summed E-state index contributed by atoms with van der Waals surface area (Å²) in [6, 6.07) is 2.33. The van der Waals surface area contributed by atoms with Gasteiger partial charge in [0.2, 0.25) is 29.5 Å². The van der Waals surface area contributed by atoms with Crippen molar-refractivity contribution in [1.82, 2.24) is 16.0 Å². The van der Waals surface area contributed by atoms with Crippen LogP contribution in [0.2, 0.25) is 0 Å². The monoisotopic (exact) mass is 508 g/mol. The molecule has 0 radical (unpaired) electrons. The lowest BCUT2D eigenvalue weighted by molar-refractivity contribution is -0.147. The van der Waals surface area contributed by atoms with Crippen LogP contribution in [0.5, 0.6) is 0 Å². The lowest BCUT2D eigenvalue weighted by Gasteiger charge is -2.24. The third-order valence-electron chi connectivity index (χ3n) is 4.71. The van der Waals surface area contributed by atoms with Crippen molar-refractivity contribution in [1.29, 1.82) is 0 Å². The Balaban J connectivity index is 2.99. The van der Waals surface area contributed by atoms with Gasteiger partial charge in [0.15, 0.2) is 0 Å². The summed E-state index contributed by atoms with van der Waals surface area (Å²) < 4.78 is 0. The molecule has 5 amide bonds. The molecule has 1 aromatic rings. The number of nitrogens with two attached hydrogens (primary N) is 3. The van der Waals surface area contributed by atoms with E-state index in [4.69, 9.17) is 27.4 Å². The highest BCUT2D eigenvalue weighted by Gasteiger charge is 2.32. The molecule has 0 aliphatic rings. The van der Waals surface area contributed by atoms with E-state index >= 15 is 0 Å². The Morgan fingerprint density at radius 3 is 1.56 bits per heavy atom. The molecule has 0 saturated carbocycles. The van der Waals surface area contributed by atoms with Crippen LogP contribution >= 0.6 is 0 Å². The number of amides is 5. The number of rotatable bonds is 15. The summed E-state index contributed by atoms with van der Waals surface area (Å²) in [7, 11) is 0. The molecule has 15 nitrogen and oxygen atoms in total. The van der Waals surface area contributed by atoms with Gasteiger partial charge in [0.05, 0.1) is 25.3 Å². The maximum absolute atomic E-state index is 12.8. The van der Waals surface area contributed by atoms with Gasteiger partial charge in [-0.1, -0.05) is 30.3 Å². The van der Waals surface area contributed by atoms with Crippen LogP contribution in [0, 0.1) is 0 Å². The highest BCUT2D eigenvalue weighted by atomic mass is 16.4. The van der Waals surface area contributed by atoms with Crippen LogP contribution in [0.4, 0.5) is 0 Å². The zero-order chi connectivity index (χ0) is 27.4. The fourth-order valence-electron chi connectivity index (χ4n) is 2.98. The summed E-state index contributed by atoms with van der Waals surface area (Å²) in [5.41, 5.74) is 16.8. The van der Waals surface area contributed by atoms with Crippen LogP contribution < -0.4 is 33.2 Å². The Hall–Kier alpha value is -4.53. The summed E-state index contributed by atoms with van der Waals surface area (Å²) in [6.07, 6.45) is -2.39. The Kier molecular flexibility index (Phi) is 11.5. The molecule has 0 fully saturated rings. The average molecular weight is 508 g/mol. The molecule has 36 heavy (non-hydrogen) atoms. The number of hydrogen-bond donors (Lipinski definition) is 8. The van der Waals surface area contributed by atoms with Crippen molar-refractivity contribution in [3.05, 3.63) is 35.9 Å². The molecule has 0 heterocycles. The predicted octanol–water partition coefficient (Wildman–Crippen LogP) is -3.68. The first-order valence-electron chi connectivity index (χ1n) is 10.5. The van der Waals surface area contributed by atoms with E-state index in [2.05, 4.69) is 10.6 Å². The first-order valence-corrected chi connectivity index (χ1v) is 10.5. The zero-order valence-corrected chi connectivity index (χ0v) is 19.0. The Morgan fingerprint density at radius 1 is 0.694 bits per heavy atom. The minimum Gasteiger partial charge on any atom is -0.481 e. The lowest BCUT2D eigenvalue weighted by atomic mass is 10.0. The van der Waals surface area contributed by atoms with E-state index in [1.165, 1.54) is 0 Å². The average Bonchev–Trinajstić information content (AvgIpc) is 2.77. The Morgan fingerprint density at radius 2 is 1.14 bits per heavy atom. The van der Waals surface area contributed by atoms with Gasteiger partial charge in [0.1, 0.15) is 18.1 Å². The van der Waals surface area contributed by atoms with Gasteiger partial charge in [0.25, 0.3) is 0 Å². The van der Waals surface area contributed by atoms with E-state index in [1.54, 1.807) is 30.3 Å². The molecule has 0 spiro atoms. The minimum absolute atomic E-state index is 0.102. The Labute approximate surface area is 204 Å². The van der Waals surface area contributed by atoms with Crippen molar-refractivity contribution < 1.29 is 43.8 Å². The zero-order valence-electron chi connectivity index (χ0n) is 19.0. The fraction of sp³-hybridized carbons (Fsp3) is 0.381. The number of hydrogen-bond acceptors (Lipinski definition) is 8. The number of aliphatic carboxylic acids is 2. The van der Waals surface area contributed by atoms with Crippen LogP contribution in [-0.2, 0) is 40.0 Å². The smallest absolute Gasteiger partial charge is 0.326 e. The molecule has 15 heteroatoms. The van der Waals surface area contributed by atoms with Crippen molar-refractivity contribution in [2.45, 2.75) is 49.9 Å². The maximum atomic E-state index is 12.8. The number of carboxylic acid groups (broad SMARTS) is 2. The number of carbonyl (C=O) groups is 7. The predicted molar refractivity (Wildman–Crippen MR) is 121 cm³/mol. The molecular weight excluding hydrogens is 480 g/mol. The summed E-state index contributed by atoms with van der Waals surface area (Å²) in [6.45, 7) is 0. The van der Waals surface area contributed by atoms with Crippen LogP contribution in [0.1, 0.15) is 24.8 Å². The third-order valence-corrected chi connectivity index (χ3v) is 4.71. The van der Waals surface area contributed by atoms with E-state index in [1.807, 2.05) is 5.32 Å².